The minimum absolute atomic E-state index is 0.00796. The quantitative estimate of drug-likeness (QED) is 0.316. The molecule has 4 aromatic rings. The number of carbonyl (C=O) groups excluding carboxylic acids is 1. The van der Waals surface area contributed by atoms with Crippen LogP contribution in [0.2, 0.25) is 0 Å². The van der Waals surface area contributed by atoms with Crippen LogP contribution in [0.15, 0.2) is 109 Å². The lowest BCUT2D eigenvalue weighted by Crippen LogP contribution is -2.15. The lowest BCUT2D eigenvalue weighted by molar-refractivity contribution is -0.164. The minimum Gasteiger partial charge on any atom is -0.473 e. The van der Waals surface area contributed by atoms with Crippen LogP contribution in [-0.4, -0.2) is 17.0 Å². The molecule has 0 aliphatic heterocycles. The Morgan fingerprint density at radius 2 is 1.25 bits per heavy atom. The fraction of sp³-hybridized carbons (Fsp3) is 0.0714. The molecule has 0 spiro atoms. The van der Waals surface area contributed by atoms with Crippen LogP contribution in [0.5, 0.6) is 0 Å². The van der Waals surface area contributed by atoms with Gasteiger partial charge in [-0.25, -0.2) is 9.59 Å². The number of ether oxygens (including phenoxy) is 1. The van der Waals surface area contributed by atoms with E-state index >= 15 is 0 Å². The van der Waals surface area contributed by atoms with Gasteiger partial charge in [0.25, 0.3) is 0 Å². The van der Waals surface area contributed by atoms with E-state index in [1.807, 2.05) is 6.07 Å². The van der Waals surface area contributed by atoms with E-state index in [-0.39, 0.29) is 6.61 Å². The Morgan fingerprint density at radius 1 is 0.688 bits per heavy atom. The van der Waals surface area contributed by atoms with Gasteiger partial charge in [0.1, 0.15) is 6.61 Å². The molecule has 0 heterocycles. The third-order valence-corrected chi connectivity index (χ3v) is 4.81. The molecule has 0 fully saturated rings. The van der Waals surface area contributed by atoms with Gasteiger partial charge < -0.3 is 9.84 Å². The number of aliphatic carboxylic acids is 1. The first kappa shape index (κ1) is 22.5. The molecule has 0 amide bonds. The van der Waals surface area contributed by atoms with E-state index in [4.69, 9.17) is 5.11 Å². The van der Waals surface area contributed by atoms with E-state index in [1.165, 1.54) is 27.8 Å². The number of benzene rings is 4. The van der Waals surface area contributed by atoms with Crippen molar-refractivity contribution in [3.8, 4) is 22.3 Å². The maximum atomic E-state index is 10.5. The van der Waals surface area contributed by atoms with Crippen LogP contribution in [0.25, 0.3) is 22.3 Å². The van der Waals surface area contributed by atoms with Crippen LogP contribution >= 0.6 is 0 Å². The van der Waals surface area contributed by atoms with Gasteiger partial charge in [0.2, 0.25) is 0 Å². The Hall–Kier alpha value is -4.18. The van der Waals surface area contributed by atoms with E-state index in [0.29, 0.717) is 0 Å². The molecule has 0 bridgehead atoms. The zero-order chi connectivity index (χ0) is 22.8. The van der Waals surface area contributed by atoms with Crippen molar-refractivity contribution in [3.63, 3.8) is 0 Å². The number of rotatable bonds is 4. The van der Waals surface area contributed by atoms with Crippen molar-refractivity contribution in [1.82, 2.24) is 0 Å². The van der Waals surface area contributed by atoms with Gasteiger partial charge in [0, 0.05) is 0 Å². The van der Waals surface area contributed by atoms with Crippen LogP contribution in [-0.2, 0) is 20.9 Å². The molecular weight excluding hydrogens is 400 g/mol. The summed E-state index contributed by atoms with van der Waals surface area (Å²) in [5, 5.41) is 8.19. The summed E-state index contributed by atoms with van der Waals surface area (Å²) < 4.78 is 4.45. The maximum Gasteiger partial charge on any atom is 0.417 e. The van der Waals surface area contributed by atoms with Gasteiger partial charge in [-0.15, -0.1) is 0 Å². The highest BCUT2D eigenvalue weighted by atomic mass is 16.6. The van der Waals surface area contributed by atoms with Crippen molar-refractivity contribution in [2.45, 2.75) is 13.5 Å². The highest BCUT2D eigenvalue weighted by Crippen LogP contribution is 2.28. The predicted octanol–water partition coefficient (Wildman–Crippen LogP) is 6.14. The second kappa shape index (κ2) is 11.3. The van der Waals surface area contributed by atoms with Crippen molar-refractivity contribution in [1.29, 1.82) is 0 Å². The summed E-state index contributed by atoms with van der Waals surface area (Å²) in [4.78, 5) is 20.5. The number of aryl methyl sites for hydroxylation is 1. The van der Waals surface area contributed by atoms with Crippen molar-refractivity contribution in [2.24, 2.45) is 0 Å². The Bertz CT molecular complexity index is 1170. The molecule has 0 unspecified atom stereocenters. The summed E-state index contributed by atoms with van der Waals surface area (Å²) >= 11 is 0. The molecule has 0 saturated heterocycles. The van der Waals surface area contributed by atoms with E-state index in [1.54, 1.807) is 24.3 Å². The summed E-state index contributed by atoms with van der Waals surface area (Å²) in [7, 11) is 0. The third-order valence-electron chi connectivity index (χ3n) is 4.81. The van der Waals surface area contributed by atoms with Gasteiger partial charge in [0.05, 0.1) is 0 Å². The largest absolute Gasteiger partial charge is 0.473 e. The molecule has 4 heteroatoms. The molecular formula is C28H24O4. The first-order chi connectivity index (χ1) is 15.5. The summed E-state index contributed by atoms with van der Waals surface area (Å²) in [5.41, 5.74) is 7.18. The molecule has 0 aromatic heterocycles. The summed E-state index contributed by atoms with van der Waals surface area (Å²) in [5.74, 6) is -2.81. The van der Waals surface area contributed by atoms with Gasteiger partial charge in [-0.05, 0) is 46.4 Å². The smallest absolute Gasteiger partial charge is 0.417 e. The number of hydrogen-bond acceptors (Lipinski definition) is 3. The molecule has 1 N–H and O–H groups in total. The average molecular weight is 424 g/mol. The molecule has 0 atom stereocenters. The lowest BCUT2D eigenvalue weighted by atomic mass is 9.96. The number of carboxylic acid groups (broad SMARTS) is 1. The lowest BCUT2D eigenvalue weighted by Gasteiger charge is -2.08. The Labute approximate surface area is 187 Å². The number of carboxylic acids is 1. The van der Waals surface area contributed by atoms with Crippen LogP contribution in [0.1, 0.15) is 11.1 Å². The zero-order valence-corrected chi connectivity index (χ0v) is 17.8. The monoisotopic (exact) mass is 424 g/mol. The Kier molecular flexibility index (Phi) is 7.93. The summed E-state index contributed by atoms with van der Waals surface area (Å²) in [6.45, 7) is 2.15. The molecule has 160 valence electrons. The fourth-order valence-electron chi connectivity index (χ4n) is 3.18. The second-order valence-electron chi connectivity index (χ2n) is 7.13. The van der Waals surface area contributed by atoms with Crippen molar-refractivity contribution >= 4 is 11.9 Å². The first-order valence-corrected chi connectivity index (χ1v) is 10.2. The van der Waals surface area contributed by atoms with Crippen molar-refractivity contribution in [2.75, 3.05) is 0 Å². The van der Waals surface area contributed by atoms with Crippen molar-refractivity contribution < 1.29 is 19.4 Å². The first-order valence-electron chi connectivity index (χ1n) is 10.2. The number of hydrogen-bond donors (Lipinski definition) is 1. The molecule has 0 aliphatic rings. The molecule has 4 nitrogen and oxygen atoms in total. The van der Waals surface area contributed by atoms with Crippen molar-refractivity contribution in [3.05, 3.63) is 120 Å². The van der Waals surface area contributed by atoms with E-state index in [9.17, 15) is 9.59 Å². The Morgan fingerprint density at radius 3 is 1.91 bits per heavy atom. The van der Waals surface area contributed by atoms with E-state index in [2.05, 4.69) is 90.5 Å². The highest BCUT2D eigenvalue weighted by Gasteiger charge is 2.12. The van der Waals surface area contributed by atoms with Gasteiger partial charge in [0.15, 0.2) is 0 Å². The molecule has 0 saturated carbocycles. The highest BCUT2D eigenvalue weighted by molar-refractivity contribution is 6.28. The molecule has 4 aromatic carbocycles. The van der Waals surface area contributed by atoms with Crippen LogP contribution in [0.4, 0.5) is 0 Å². The normalized spacial score (nSPS) is 9.91. The van der Waals surface area contributed by atoms with E-state index < -0.39 is 11.9 Å². The molecule has 0 aliphatic carbocycles. The number of carbonyl (C=O) groups is 2. The second-order valence-corrected chi connectivity index (χ2v) is 7.13. The topological polar surface area (TPSA) is 63.6 Å². The maximum absolute atomic E-state index is 10.5. The molecule has 4 rings (SSSR count). The van der Waals surface area contributed by atoms with Gasteiger partial charge in [-0.1, -0.05) is 103 Å². The van der Waals surface area contributed by atoms with Gasteiger partial charge >= 0.3 is 11.9 Å². The van der Waals surface area contributed by atoms with Gasteiger partial charge in [-0.2, -0.15) is 0 Å². The van der Waals surface area contributed by atoms with Crippen LogP contribution in [0, 0.1) is 6.92 Å². The average Bonchev–Trinajstić information content (AvgIpc) is 2.84. The molecule has 0 radical (unpaired) electrons. The molecule has 32 heavy (non-hydrogen) atoms. The fourth-order valence-corrected chi connectivity index (χ4v) is 3.18. The standard InChI is InChI=1S/C19H16.C9H8O4/c1-15-8-5-6-13-19(15)18-12-7-11-17(14-18)16-9-3-2-4-10-16;10-8(11)9(12)13-6-7-4-2-1-3-5-7/h2-14H,1H3;1-5H,6H2,(H,10,11). The minimum atomic E-state index is -1.57. The van der Waals surface area contributed by atoms with Crippen LogP contribution in [0.3, 0.4) is 0 Å². The SMILES string of the molecule is Cc1ccccc1-c1cccc(-c2ccccc2)c1.O=C(O)C(=O)OCc1ccccc1. The van der Waals surface area contributed by atoms with E-state index in [0.717, 1.165) is 5.56 Å². The van der Waals surface area contributed by atoms with Gasteiger partial charge in [-0.3, -0.25) is 0 Å². The third kappa shape index (κ3) is 6.41. The summed E-state index contributed by atoms with van der Waals surface area (Å²) in [6.07, 6.45) is 0. The predicted molar refractivity (Wildman–Crippen MR) is 126 cm³/mol. The van der Waals surface area contributed by atoms with Crippen LogP contribution < -0.4 is 0 Å². The summed E-state index contributed by atoms with van der Waals surface area (Å²) in [6, 6.07) is 36.6. The number of esters is 1. The zero-order valence-electron chi connectivity index (χ0n) is 17.8. The Balaban J connectivity index is 0.000000195.